The average molecular weight is 570 g/mol. The normalized spacial score (nSPS) is 16.2. The Labute approximate surface area is 213 Å². The average Bonchev–Trinajstić information content (AvgIpc) is 3.25. The lowest BCUT2D eigenvalue weighted by Gasteiger charge is -2.35. The molecule has 0 aromatic heterocycles. The Balaban J connectivity index is 0.00000289. The van der Waals surface area contributed by atoms with Crippen LogP contribution in [-0.4, -0.2) is 64.3 Å². The molecule has 0 atom stereocenters. The highest BCUT2D eigenvalue weighted by Gasteiger charge is 2.18. The third-order valence-electron chi connectivity index (χ3n) is 6.05. The summed E-state index contributed by atoms with van der Waals surface area (Å²) in [5, 5.41) is 7.66. The number of nitrogens with zero attached hydrogens (tertiary/aromatic N) is 3. The second-order valence-corrected chi connectivity index (χ2v) is 8.58. The van der Waals surface area contributed by atoms with Crippen LogP contribution < -0.4 is 20.3 Å². The summed E-state index contributed by atoms with van der Waals surface area (Å²) in [5.74, 6) is 1.82. The second kappa shape index (κ2) is 12.0. The molecule has 0 spiro atoms. The van der Waals surface area contributed by atoms with Gasteiger partial charge in [0.1, 0.15) is 5.75 Å². The number of rotatable bonds is 6. The maximum Gasteiger partial charge on any atom is 0.191 e. The first-order chi connectivity index (χ1) is 15.1. The molecule has 0 bridgehead atoms. The topological polar surface area (TPSA) is 52.1 Å². The summed E-state index contributed by atoms with van der Waals surface area (Å²) < 4.78 is 5.59. The van der Waals surface area contributed by atoms with E-state index in [4.69, 9.17) is 16.3 Å². The molecule has 2 aromatic rings. The number of ether oxygens (including phenoxy) is 1. The summed E-state index contributed by atoms with van der Waals surface area (Å²) in [7, 11) is 3.97. The molecular weight excluding hydrogens is 537 g/mol. The van der Waals surface area contributed by atoms with Gasteiger partial charge in [0.25, 0.3) is 0 Å². The quantitative estimate of drug-likeness (QED) is 0.317. The Kier molecular flexibility index (Phi) is 9.31. The monoisotopic (exact) mass is 569 g/mol. The number of likely N-dealkylation sites (N-methyl/N-ethyl adjacent to an activating group) is 1. The number of fused-ring (bicyclic) bond motifs is 1. The highest BCUT2D eigenvalue weighted by Crippen LogP contribution is 2.28. The summed E-state index contributed by atoms with van der Waals surface area (Å²) in [5.41, 5.74) is 4.96. The van der Waals surface area contributed by atoms with Crippen molar-refractivity contribution in [3.8, 4) is 5.75 Å². The van der Waals surface area contributed by atoms with E-state index in [1.54, 1.807) is 7.05 Å². The van der Waals surface area contributed by atoms with Crippen LogP contribution in [0.4, 0.5) is 5.69 Å². The molecule has 0 saturated carbocycles. The molecule has 32 heavy (non-hydrogen) atoms. The molecule has 2 aromatic carbocycles. The van der Waals surface area contributed by atoms with E-state index in [-0.39, 0.29) is 24.0 Å². The Morgan fingerprint density at radius 3 is 2.72 bits per heavy atom. The predicted molar refractivity (Wildman–Crippen MR) is 144 cm³/mol. The van der Waals surface area contributed by atoms with E-state index in [1.807, 2.05) is 12.1 Å². The fourth-order valence-corrected chi connectivity index (χ4v) is 4.42. The van der Waals surface area contributed by atoms with Crippen LogP contribution in [0.3, 0.4) is 0 Å². The molecule has 0 unspecified atom stereocenters. The third-order valence-corrected chi connectivity index (χ3v) is 6.41. The largest absolute Gasteiger partial charge is 0.493 e. The summed E-state index contributed by atoms with van der Waals surface area (Å²) in [4.78, 5) is 9.17. The van der Waals surface area contributed by atoms with Gasteiger partial charge in [-0.2, -0.15) is 0 Å². The highest BCUT2D eigenvalue weighted by molar-refractivity contribution is 14.0. The van der Waals surface area contributed by atoms with Gasteiger partial charge in [-0.05, 0) is 42.8 Å². The standard InChI is InChI=1S/C24H32ClN5O.HI/c1-26-24(27-10-8-18-6-7-23-19(16-18)9-15-31-23)28-17-20-21(25)4-3-5-22(20)30-13-11-29(2)12-14-30;/h3-7,16H,8-15,17H2,1-2H3,(H2,26,27,28);1H. The van der Waals surface area contributed by atoms with Gasteiger partial charge in [-0.3, -0.25) is 4.99 Å². The van der Waals surface area contributed by atoms with E-state index >= 15 is 0 Å². The van der Waals surface area contributed by atoms with Crippen molar-refractivity contribution in [3.05, 3.63) is 58.1 Å². The van der Waals surface area contributed by atoms with Crippen LogP contribution >= 0.6 is 35.6 Å². The number of guanidine groups is 1. The molecule has 2 N–H and O–H groups in total. The Bertz CT molecular complexity index is 931. The molecular formula is C24H33ClIN5O. The summed E-state index contributed by atoms with van der Waals surface area (Å²) in [6, 6.07) is 12.7. The maximum absolute atomic E-state index is 6.59. The lowest BCUT2D eigenvalue weighted by Crippen LogP contribution is -2.45. The first-order valence-corrected chi connectivity index (χ1v) is 11.4. The lowest BCUT2D eigenvalue weighted by atomic mass is 10.1. The Hall–Kier alpha value is -1.71. The van der Waals surface area contributed by atoms with Gasteiger partial charge < -0.3 is 25.2 Å². The zero-order chi connectivity index (χ0) is 21.6. The molecule has 2 heterocycles. The number of hydrogen-bond acceptors (Lipinski definition) is 4. The zero-order valence-electron chi connectivity index (χ0n) is 18.9. The summed E-state index contributed by atoms with van der Waals surface area (Å²) >= 11 is 6.59. The van der Waals surface area contributed by atoms with Crippen molar-refractivity contribution in [2.75, 3.05) is 58.3 Å². The van der Waals surface area contributed by atoms with E-state index in [0.29, 0.717) is 6.54 Å². The van der Waals surface area contributed by atoms with Gasteiger partial charge in [-0.15, -0.1) is 24.0 Å². The van der Waals surface area contributed by atoms with Gasteiger partial charge >= 0.3 is 0 Å². The van der Waals surface area contributed by atoms with E-state index in [1.165, 1.54) is 16.8 Å². The van der Waals surface area contributed by atoms with Crippen LogP contribution in [0.25, 0.3) is 0 Å². The number of aliphatic imine (C=N–C) groups is 1. The van der Waals surface area contributed by atoms with E-state index < -0.39 is 0 Å². The Morgan fingerprint density at radius 2 is 1.94 bits per heavy atom. The van der Waals surface area contributed by atoms with Crippen molar-refractivity contribution >= 4 is 47.2 Å². The number of halogens is 2. The molecule has 6 nitrogen and oxygen atoms in total. The molecule has 4 rings (SSSR count). The van der Waals surface area contributed by atoms with Crippen molar-refractivity contribution in [3.63, 3.8) is 0 Å². The van der Waals surface area contributed by atoms with Gasteiger partial charge in [0.15, 0.2) is 5.96 Å². The first-order valence-electron chi connectivity index (χ1n) is 11.0. The van der Waals surface area contributed by atoms with Crippen molar-refractivity contribution < 1.29 is 4.74 Å². The molecule has 0 aliphatic carbocycles. The van der Waals surface area contributed by atoms with E-state index in [9.17, 15) is 0 Å². The smallest absolute Gasteiger partial charge is 0.191 e. The van der Waals surface area contributed by atoms with Gasteiger partial charge in [0, 0.05) is 69.0 Å². The molecule has 174 valence electrons. The van der Waals surface area contributed by atoms with Crippen molar-refractivity contribution in [1.29, 1.82) is 0 Å². The number of nitrogens with one attached hydrogen (secondary N) is 2. The minimum Gasteiger partial charge on any atom is -0.493 e. The molecule has 2 aliphatic heterocycles. The molecule has 1 fully saturated rings. The molecule has 0 radical (unpaired) electrons. The Morgan fingerprint density at radius 1 is 1.12 bits per heavy atom. The fraction of sp³-hybridized carbons (Fsp3) is 0.458. The van der Waals surface area contributed by atoms with Crippen molar-refractivity contribution in [1.82, 2.24) is 15.5 Å². The maximum atomic E-state index is 6.59. The van der Waals surface area contributed by atoms with Crippen LogP contribution in [0.15, 0.2) is 41.4 Å². The SMILES string of the molecule is CN=C(NCCc1ccc2c(c1)CCO2)NCc1c(Cl)cccc1N1CCN(C)CC1.I. The predicted octanol–water partition coefficient (Wildman–Crippen LogP) is 3.55. The van der Waals surface area contributed by atoms with Gasteiger partial charge in [-0.1, -0.05) is 29.8 Å². The zero-order valence-corrected chi connectivity index (χ0v) is 22.0. The van der Waals surface area contributed by atoms with Gasteiger partial charge in [0.05, 0.1) is 6.61 Å². The van der Waals surface area contributed by atoms with Crippen LogP contribution in [-0.2, 0) is 19.4 Å². The molecule has 0 amide bonds. The van der Waals surface area contributed by atoms with E-state index in [0.717, 1.165) is 74.5 Å². The first kappa shape index (κ1) is 24.9. The second-order valence-electron chi connectivity index (χ2n) is 8.17. The molecule has 1 saturated heterocycles. The molecule has 2 aliphatic rings. The summed E-state index contributed by atoms with van der Waals surface area (Å²) in [6.45, 7) is 6.41. The van der Waals surface area contributed by atoms with Gasteiger partial charge in [-0.25, -0.2) is 0 Å². The third kappa shape index (κ3) is 6.20. The van der Waals surface area contributed by atoms with Crippen molar-refractivity contribution in [2.45, 2.75) is 19.4 Å². The fourth-order valence-electron chi connectivity index (χ4n) is 4.18. The van der Waals surface area contributed by atoms with E-state index in [2.05, 4.69) is 56.7 Å². The van der Waals surface area contributed by atoms with Crippen LogP contribution in [0.2, 0.25) is 5.02 Å². The molecule has 8 heteroatoms. The lowest BCUT2D eigenvalue weighted by molar-refractivity contribution is 0.312. The number of piperazine rings is 1. The minimum absolute atomic E-state index is 0. The van der Waals surface area contributed by atoms with Gasteiger partial charge in [0.2, 0.25) is 0 Å². The van der Waals surface area contributed by atoms with Crippen LogP contribution in [0.5, 0.6) is 5.75 Å². The number of anilines is 1. The minimum atomic E-state index is 0. The van der Waals surface area contributed by atoms with Crippen molar-refractivity contribution in [2.24, 2.45) is 4.99 Å². The van der Waals surface area contributed by atoms with Crippen LogP contribution in [0.1, 0.15) is 16.7 Å². The summed E-state index contributed by atoms with van der Waals surface area (Å²) in [6.07, 6.45) is 1.94. The van der Waals surface area contributed by atoms with Crippen LogP contribution in [0, 0.1) is 0 Å². The number of benzene rings is 2. The number of hydrogen-bond donors (Lipinski definition) is 2. The highest BCUT2D eigenvalue weighted by atomic mass is 127.